The molecule has 0 radical (unpaired) electrons. The number of likely N-dealkylation sites (N-methyl/N-ethyl adjacent to an activating group) is 1. The summed E-state index contributed by atoms with van der Waals surface area (Å²) in [5.74, 6) is 1.58. The zero-order chi connectivity index (χ0) is 20.4. The molecule has 6 nitrogen and oxygen atoms in total. The van der Waals surface area contributed by atoms with Crippen LogP contribution in [0.15, 0.2) is 22.5 Å². The molecule has 7 heteroatoms. The molecule has 0 aromatic carbocycles. The molecule has 2 rings (SSSR count). The van der Waals surface area contributed by atoms with Crippen molar-refractivity contribution in [3.05, 3.63) is 22.4 Å². The standard InChI is InChI=1S/C21H39N5OS/c1-6-22-21(23-15-18(25(4)5)14-17(2)3)24-16-19(20-8-7-13-28-20)26-9-11-27-12-10-26/h7-8,13,17-19H,6,9-12,14-16H2,1-5H3,(H2,22,23,24). The second-order valence-electron chi connectivity index (χ2n) is 8.03. The fraction of sp³-hybridized carbons (Fsp3) is 0.762. The van der Waals surface area contributed by atoms with Crippen molar-refractivity contribution < 1.29 is 4.74 Å². The molecule has 1 aliphatic heterocycles. The molecule has 0 amide bonds. The van der Waals surface area contributed by atoms with E-state index >= 15 is 0 Å². The van der Waals surface area contributed by atoms with Gasteiger partial charge in [0.2, 0.25) is 0 Å². The second-order valence-corrected chi connectivity index (χ2v) is 9.01. The van der Waals surface area contributed by atoms with Crippen LogP contribution in [0.4, 0.5) is 0 Å². The number of ether oxygens (including phenoxy) is 1. The van der Waals surface area contributed by atoms with E-state index in [9.17, 15) is 0 Å². The van der Waals surface area contributed by atoms with Gasteiger partial charge in [-0.3, -0.25) is 9.89 Å². The van der Waals surface area contributed by atoms with Gasteiger partial charge in [-0.1, -0.05) is 19.9 Å². The van der Waals surface area contributed by atoms with Crippen LogP contribution >= 0.6 is 11.3 Å². The number of nitrogens with one attached hydrogen (secondary N) is 2. The molecule has 2 heterocycles. The van der Waals surface area contributed by atoms with Crippen LogP contribution in [0.1, 0.15) is 38.1 Å². The molecule has 0 spiro atoms. The molecule has 0 bridgehead atoms. The molecule has 160 valence electrons. The van der Waals surface area contributed by atoms with Gasteiger partial charge in [0.05, 0.1) is 25.8 Å². The van der Waals surface area contributed by atoms with Crippen LogP contribution in [0.5, 0.6) is 0 Å². The summed E-state index contributed by atoms with van der Waals surface area (Å²) in [6, 6.07) is 5.19. The summed E-state index contributed by atoms with van der Waals surface area (Å²) in [4.78, 5) is 11.1. The highest BCUT2D eigenvalue weighted by Crippen LogP contribution is 2.25. The van der Waals surface area contributed by atoms with Gasteiger partial charge in [-0.25, -0.2) is 0 Å². The van der Waals surface area contributed by atoms with Crippen molar-refractivity contribution in [1.82, 2.24) is 20.4 Å². The molecule has 2 N–H and O–H groups in total. The summed E-state index contributed by atoms with van der Waals surface area (Å²) in [6.07, 6.45) is 1.15. The maximum absolute atomic E-state index is 5.55. The Balaban J connectivity index is 2.01. The summed E-state index contributed by atoms with van der Waals surface area (Å²) in [5, 5.41) is 9.18. The highest BCUT2D eigenvalue weighted by atomic mass is 32.1. The van der Waals surface area contributed by atoms with E-state index in [0.717, 1.165) is 58.3 Å². The van der Waals surface area contributed by atoms with E-state index < -0.39 is 0 Å². The lowest BCUT2D eigenvalue weighted by Crippen LogP contribution is -2.46. The van der Waals surface area contributed by atoms with Gasteiger partial charge in [-0.15, -0.1) is 11.3 Å². The van der Waals surface area contributed by atoms with E-state index in [4.69, 9.17) is 9.73 Å². The van der Waals surface area contributed by atoms with Crippen LogP contribution in [-0.2, 0) is 4.74 Å². The molecular weight excluding hydrogens is 370 g/mol. The first-order valence-electron chi connectivity index (χ1n) is 10.5. The van der Waals surface area contributed by atoms with Crippen molar-refractivity contribution in [1.29, 1.82) is 0 Å². The Morgan fingerprint density at radius 1 is 1.29 bits per heavy atom. The summed E-state index contributed by atoms with van der Waals surface area (Å²) < 4.78 is 5.55. The Morgan fingerprint density at radius 2 is 2.04 bits per heavy atom. The number of guanidine groups is 1. The summed E-state index contributed by atoms with van der Waals surface area (Å²) >= 11 is 1.83. The Kier molecular flexibility index (Phi) is 10.3. The normalized spacial score (nSPS) is 18.5. The third kappa shape index (κ3) is 7.70. The highest BCUT2D eigenvalue weighted by molar-refractivity contribution is 7.10. The van der Waals surface area contributed by atoms with Crippen LogP contribution < -0.4 is 10.6 Å². The first-order valence-corrected chi connectivity index (χ1v) is 11.4. The van der Waals surface area contributed by atoms with Crippen molar-refractivity contribution in [2.45, 2.75) is 39.3 Å². The molecular formula is C21H39N5OS. The van der Waals surface area contributed by atoms with Gasteiger partial charge >= 0.3 is 0 Å². The van der Waals surface area contributed by atoms with Crippen molar-refractivity contribution in [3.8, 4) is 0 Å². The first kappa shape index (κ1) is 23.1. The molecule has 0 aliphatic carbocycles. The molecule has 2 atom stereocenters. The molecule has 1 saturated heterocycles. The van der Waals surface area contributed by atoms with Crippen molar-refractivity contribution >= 4 is 17.3 Å². The van der Waals surface area contributed by atoms with Gasteiger partial charge < -0.3 is 20.3 Å². The SMILES string of the molecule is CCNC(=NCC(CC(C)C)N(C)C)NCC(c1cccs1)N1CCOCC1. The minimum atomic E-state index is 0.355. The van der Waals surface area contributed by atoms with Gasteiger partial charge in [0.1, 0.15) is 0 Å². The van der Waals surface area contributed by atoms with Crippen LogP contribution in [0.3, 0.4) is 0 Å². The maximum atomic E-state index is 5.55. The van der Waals surface area contributed by atoms with Crippen molar-refractivity contribution in [3.63, 3.8) is 0 Å². The fourth-order valence-electron chi connectivity index (χ4n) is 3.50. The van der Waals surface area contributed by atoms with Crippen LogP contribution in [-0.4, -0.2) is 81.8 Å². The number of hydrogen-bond donors (Lipinski definition) is 2. The lowest BCUT2D eigenvalue weighted by atomic mass is 10.0. The first-order chi connectivity index (χ1) is 13.5. The van der Waals surface area contributed by atoms with Crippen molar-refractivity contribution in [2.24, 2.45) is 10.9 Å². The molecule has 1 aromatic rings. The van der Waals surface area contributed by atoms with E-state index in [1.54, 1.807) is 0 Å². The summed E-state index contributed by atoms with van der Waals surface area (Å²) in [7, 11) is 4.29. The second kappa shape index (κ2) is 12.4. The number of morpholine rings is 1. The third-order valence-corrected chi connectivity index (χ3v) is 6.07. The van der Waals surface area contributed by atoms with E-state index in [1.807, 2.05) is 11.3 Å². The number of nitrogens with zero attached hydrogens (tertiary/aromatic N) is 3. The minimum absolute atomic E-state index is 0.355. The predicted molar refractivity (Wildman–Crippen MR) is 120 cm³/mol. The number of thiophene rings is 1. The van der Waals surface area contributed by atoms with E-state index in [2.05, 4.69) is 72.8 Å². The number of aliphatic imine (C=N–C) groups is 1. The van der Waals surface area contributed by atoms with Gasteiger partial charge in [-0.05, 0) is 44.8 Å². The Bertz CT molecular complexity index is 555. The quantitative estimate of drug-likeness (QED) is 0.460. The Morgan fingerprint density at radius 3 is 2.61 bits per heavy atom. The third-order valence-electron chi connectivity index (χ3n) is 5.10. The van der Waals surface area contributed by atoms with Gasteiger partial charge in [-0.2, -0.15) is 0 Å². The molecule has 2 unspecified atom stereocenters. The summed E-state index contributed by atoms with van der Waals surface area (Å²) in [6.45, 7) is 12.8. The maximum Gasteiger partial charge on any atom is 0.191 e. The van der Waals surface area contributed by atoms with Gasteiger partial charge in [0.15, 0.2) is 5.96 Å². The van der Waals surface area contributed by atoms with E-state index in [-0.39, 0.29) is 0 Å². The van der Waals surface area contributed by atoms with Crippen LogP contribution in [0.2, 0.25) is 0 Å². The average Bonchev–Trinajstić information content (AvgIpc) is 3.20. The molecule has 1 aliphatic rings. The summed E-state index contributed by atoms with van der Waals surface area (Å²) in [5.41, 5.74) is 0. The zero-order valence-corrected chi connectivity index (χ0v) is 19.1. The van der Waals surface area contributed by atoms with Crippen molar-refractivity contribution in [2.75, 3.05) is 60.0 Å². The van der Waals surface area contributed by atoms with E-state index in [1.165, 1.54) is 4.88 Å². The van der Waals surface area contributed by atoms with E-state index in [0.29, 0.717) is 18.0 Å². The van der Waals surface area contributed by atoms with Crippen LogP contribution in [0, 0.1) is 5.92 Å². The largest absolute Gasteiger partial charge is 0.379 e. The monoisotopic (exact) mass is 409 g/mol. The predicted octanol–water partition coefficient (Wildman–Crippen LogP) is 2.65. The molecule has 1 aromatic heterocycles. The molecule has 28 heavy (non-hydrogen) atoms. The highest BCUT2D eigenvalue weighted by Gasteiger charge is 2.23. The Labute approximate surface area is 175 Å². The zero-order valence-electron chi connectivity index (χ0n) is 18.3. The Hall–Kier alpha value is -1.15. The van der Waals surface area contributed by atoms with Crippen LogP contribution in [0.25, 0.3) is 0 Å². The molecule has 1 fully saturated rings. The topological polar surface area (TPSA) is 52.1 Å². The fourth-order valence-corrected chi connectivity index (χ4v) is 4.37. The lowest BCUT2D eigenvalue weighted by Gasteiger charge is -2.34. The number of hydrogen-bond acceptors (Lipinski definition) is 5. The smallest absolute Gasteiger partial charge is 0.191 e. The molecule has 0 saturated carbocycles. The van der Waals surface area contributed by atoms with Gasteiger partial charge in [0.25, 0.3) is 0 Å². The average molecular weight is 410 g/mol. The lowest BCUT2D eigenvalue weighted by molar-refractivity contribution is 0.0177. The minimum Gasteiger partial charge on any atom is -0.379 e. The van der Waals surface area contributed by atoms with Gasteiger partial charge in [0, 0.05) is 37.1 Å². The number of rotatable bonds is 10.